The van der Waals surface area contributed by atoms with Gasteiger partial charge in [0.05, 0.1) is 41.5 Å². The summed E-state index contributed by atoms with van der Waals surface area (Å²) in [4.78, 5) is 22.1. The molecular formula is C26H32N8O. The number of hydrogen-bond acceptors (Lipinski definition) is 6. The Morgan fingerprint density at radius 3 is 2.71 bits per heavy atom. The Labute approximate surface area is 204 Å². The second kappa shape index (κ2) is 9.19. The molecule has 0 radical (unpaired) electrons. The van der Waals surface area contributed by atoms with E-state index in [0.717, 1.165) is 48.2 Å². The number of hydrogen-bond donors (Lipinski definition) is 0. The average molecular weight is 473 g/mol. The van der Waals surface area contributed by atoms with E-state index in [9.17, 15) is 4.79 Å². The first kappa shape index (κ1) is 23.1. The number of aromatic nitrogens is 5. The number of nitriles is 1. The molecule has 5 heterocycles. The van der Waals surface area contributed by atoms with Gasteiger partial charge in [-0.1, -0.05) is 19.9 Å². The Bertz CT molecular complexity index is 1460. The maximum atomic E-state index is 12.9. The van der Waals surface area contributed by atoms with Gasteiger partial charge in [-0.2, -0.15) is 10.4 Å². The SMILES string of the molecule is CC[C@H]1CN(C(C)c2ccc3cncn3c2)[C@H](CC)CN1c1cc(=O)n(C)c2cn(CC#N)nc12. The highest BCUT2D eigenvalue weighted by molar-refractivity contribution is 5.88. The molecule has 0 amide bonds. The highest BCUT2D eigenvalue weighted by Crippen LogP contribution is 2.34. The number of piperazine rings is 1. The molecular weight excluding hydrogens is 440 g/mol. The fraction of sp³-hybridized carbons (Fsp3) is 0.462. The van der Waals surface area contributed by atoms with Crippen LogP contribution in [-0.2, 0) is 13.6 Å². The summed E-state index contributed by atoms with van der Waals surface area (Å²) in [7, 11) is 1.76. The molecule has 1 fully saturated rings. The molecule has 0 saturated carbocycles. The van der Waals surface area contributed by atoms with Gasteiger partial charge in [-0.05, 0) is 31.4 Å². The summed E-state index contributed by atoms with van der Waals surface area (Å²) in [6, 6.07) is 9.01. The molecule has 5 rings (SSSR count). The summed E-state index contributed by atoms with van der Waals surface area (Å²) in [6.45, 7) is 8.59. The first-order valence-corrected chi connectivity index (χ1v) is 12.3. The van der Waals surface area contributed by atoms with Crippen molar-refractivity contribution >= 4 is 22.2 Å². The molecule has 0 spiro atoms. The monoisotopic (exact) mass is 472 g/mol. The fourth-order valence-corrected chi connectivity index (χ4v) is 5.44. The van der Waals surface area contributed by atoms with E-state index in [2.05, 4.69) is 64.4 Å². The van der Waals surface area contributed by atoms with Crippen molar-refractivity contribution in [2.24, 2.45) is 7.05 Å². The third kappa shape index (κ3) is 3.98. The Kier molecular flexibility index (Phi) is 6.07. The number of anilines is 1. The van der Waals surface area contributed by atoms with Gasteiger partial charge in [-0.25, -0.2) is 4.98 Å². The molecule has 4 aromatic heterocycles. The molecule has 0 aliphatic carbocycles. The largest absolute Gasteiger partial charge is 0.364 e. The molecule has 1 saturated heterocycles. The second-order valence-electron chi connectivity index (χ2n) is 9.48. The van der Waals surface area contributed by atoms with Crippen molar-refractivity contribution in [2.45, 2.75) is 58.3 Å². The molecule has 0 N–H and O–H groups in total. The quantitative estimate of drug-likeness (QED) is 0.428. The summed E-state index contributed by atoms with van der Waals surface area (Å²) in [5, 5.41) is 13.8. The van der Waals surface area contributed by atoms with Crippen LogP contribution >= 0.6 is 0 Å². The number of pyridine rings is 2. The molecule has 1 aliphatic heterocycles. The van der Waals surface area contributed by atoms with E-state index < -0.39 is 0 Å². The fourth-order valence-electron chi connectivity index (χ4n) is 5.44. The topological polar surface area (TPSA) is 87.4 Å². The molecule has 9 heteroatoms. The molecule has 1 aliphatic rings. The van der Waals surface area contributed by atoms with Crippen molar-refractivity contribution in [1.82, 2.24) is 28.6 Å². The average Bonchev–Trinajstić information content (AvgIpc) is 3.52. The maximum absolute atomic E-state index is 12.9. The van der Waals surface area contributed by atoms with Crippen LogP contribution in [0, 0.1) is 11.3 Å². The van der Waals surface area contributed by atoms with Gasteiger partial charge in [0.2, 0.25) is 0 Å². The molecule has 9 nitrogen and oxygen atoms in total. The van der Waals surface area contributed by atoms with Gasteiger partial charge >= 0.3 is 0 Å². The first-order valence-electron chi connectivity index (χ1n) is 12.3. The normalized spacial score (nSPS) is 19.9. The molecule has 0 aromatic carbocycles. The van der Waals surface area contributed by atoms with Crippen molar-refractivity contribution in [1.29, 1.82) is 5.26 Å². The molecule has 1 unspecified atom stereocenters. The Morgan fingerprint density at radius 2 is 1.97 bits per heavy atom. The molecule has 0 bridgehead atoms. The third-order valence-electron chi connectivity index (χ3n) is 7.57. The van der Waals surface area contributed by atoms with Gasteiger partial charge in [0, 0.05) is 50.5 Å². The van der Waals surface area contributed by atoms with Crippen molar-refractivity contribution in [3.05, 3.63) is 59.0 Å². The smallest absolute Gasteiger partial charge is 0.252 e. The van der Waals surface area contributed by atoms with Crippen molar-refractivity contribution < 1.29 is 0 Å². The molecule has 182 valence electrons. The summed E-state index contributed by atoms with van der Waals surface area (Å²) in [5.74, 6) is 0. The number of rotatable bonds is 6. The minimum atomic E-state index is -0.0589. The zero-order valence-corrected chi connectivity index (χ0v) is 20.8. The second-order valence-corrected chi connectivity index (χ2v) is 9.48. The highest BCUT2D eigenvalue weighted by atomic mass is 16.1. The predicted octanol–water partition coefficient (Wildman–Crippen LogP) is 3.35. The van der Waals surface area contributed by atoms with Crippen LogP contribution in [0.3, 0.4) is 0 Å². The lowest BCUT2D eigenvalue weighted by Gasteiger charge is -2.49. The Hall–Kier alpha value is -3.64. The van der Waals surface area contributed by atoms with Gasteiger partial charge in [-0.15, -0.1) is 0 Å². The van der Waals surface area contributed by atoms with Crippen LogP contribution in [0.2, 0.25) is 0 Å². The summed E-state index contributed by atoms with van der Waals surface area (Å²) in [6.07, 6.45) is 9.66. The van der Waals surface area contributed by atoms with Gasteiger partial charge in [0.25, 0.3) is 5.56 Å². The minimum Gasteiger partial charge on any atom is -0.364 e. The Balaban J connectivity index is 1.51. The number of aryl methyl sites for hydroxylation is 1. The van der Waals surface area contributed by atoms with Crippen LogP contribution in [0.5, 0.6) is 0 Å². The van der Waals surface area contributed by atoms with E-state index in [-0.39, 0.29) is 24.2 Å². The van der Waals surface area contributed by atoms with E-state index in [0.29, 0.717) is 6.04 Å². The molecule has 4 aromatic rings. The highest BCUT2D eigenvalue weighted by Gasteiger charge is 2.36. The van der Waals surface area contributed by atoms with Gasteiger partial charge in [-0.3, -0.25) is 14.4 Å². The van der Waals surface area contributed by atoms with Crippen LogP contribution in [0.4, 0.5) is 5.69 Å². The summed E-state index contributed by atoms with van der Waals surface area (Å²) >= 11 is 0. The van der Waals surface area contributed by atoms with E-state index in [1.165, 1.54) is 5.56 Å². The van der Waals surface area contributed by atoms with Crippen molar-refractivity contribution in [3.8, 4) is 6.07 Å². The summed E-state index contributed by atoms with van der Waals surface area (Å²) in [5.41, 5.74) is 4.71. The molecule has 3 atom stereocenters. The first-order chi connectivity index (χ1) is 16.9. The van der Waals surface area contributed by atoms with Crippen molar-refractivity contribution in [3.63, 3.8) is 0 Å². The minimum absolute atomic E-state index is 0.0589. The maximum Gasteiger partial charge on any atom is 0.252 e. The number of imidazole rings is 1. The lowest BCUT2D eigenvalue weighted by Crippen LogP contribution is -2.58. The Morgan fingerprint density at radius 1 is 1.17 bits per heavy atom. The van der Waals surface area contributed by atoms with Gasteiger partial charge in [0.15, 0.2) is 0 Å². The van der Waals surface area contributed by atoms with Crippen LogP contribution in [0.25, 0.3) is 16.6 Å². The lowest BCUT2D eigenvalue weighted by atomic mass is 9.97. The molecule has 35 heavy (non-hydrogen) atoms. The zero-order chi connectivity index (χ0) is 24.7. The van der Waals surface area contributed by atoms with Crippen LogP contribution in [0.15, 0.2) is 47.9 Å². The summed E-state index contributed by atoms with van der Waals surface area (Å²) < 4.78 is 5.31. The van der Waals surface area contributed by atoms with Crippen molar-refractivity contribution in [2.75, 3.05) is 18.0 Å². The number of fused-ring (bicyclic) bond motifs is 2. The standard InChI is InChI=1S/C26H32N8O/c1-5-20-15-34(23-11-25(35)30(4)24-16-32(10-9-27)29-26(23)24)21(6-2)14-33(20)18(3)19-7-8-22-12-28-17-31(22)13-19/h7-8,11-13,16-18,20-21H,5-6,10,14-15H2,1-4H3/t18?,20-,21+/m1/s1. The zero-order valence-electron chi connectivity index (χ0n) is 20.8. The third-order valence-corrected chi connectivity index (χ3v) is 7.57. The predicted molar refractivity (Wildman–Crippen MR) is 136 cm³/mol. The number of nitrogens with zero attached hydrogens (tertiary/aromatic N) is 8. The van der Waals surface area contributed by atoms with Crippen LogP contribution in [-0.4, -0.2) is 53.8 Å². The van der Waals surface area contributed by atoms with Gasteiger partial charge < -0.3 is 13.9 Å². The van der Waals surface area contributed by atoms with Crippen LogP contribution in [0.1, 0.15) is 45.2 Å². The van der Waals surface area contributed by atoms with E-state index in [1.54, 1.807) is 28.6 Å². The lowest BCUT2D eigenvalue weighted by molar-refractivity contribution is 0.101. The van der Waals surface area contributed by atoms with Crippen LogP contribution < -0.4 is 10.5 Å². The van der Waals surface area contributed by atoms with E-state index in [1.807, 2.05) is 12.5 Å². The van der Waals surface area contributed by atoms with Gasteiger partial charge in [0.1, 0.15) is 12.1 Å². The van der Waals surface area contributed by atoms with E-state index >= 15 is 0 Å². The van der Waals surface area contributed by atoms with E-state index in [4.69, 9.17) is 10.4 Å².